The van der Waals surface area contributed by atoms with Crippen LogP contribution < -0.4 is 10.1 Å². The van der Waals surface area contributed by atoms with Crippen molar-refractivity contribution >= 4 is 0 Å². The summed E-state index contributed by atoms with van der Waals surface area (Å²) in [4.78, 5) is 2.59. The zero-order valence-electron chi connectivity index (χ0n) is 11.6. The van der Waals surface area contributed by atoms with Crippen molar-refractivity contribution in [3.05, 3.63) is 30.3 Å². The number of rotatable bonds is 6. The van der Waals surface area contributed by atoms with Gasteiger partial charge in [-0.3, -0.25) is 0 Å². The smallest absolute Gasteiger partial charge is 0.119 e. The molecule has 0 amide bonds. The number of benzene rings is 1. The molecular formula is C16H24N2O. The average Bonchev–Trinajstić information content (AvgIpc) is 3.30. The van der Waals surface area contributed by atoms with Crippen molar-refractivity contribution in [3.8, 4) is 5.75 Å². The highest BCUT2D eigenvalue weighted by molar-refractivity contribution is 5.20. The maximum atomic E-state index is 5.74. The number of hydrogen-bond donors (Lipinski definition) is 1. The molecule has 1 aliphatic carbocycles. The molecule has 3 rings (SSSR count). The van der Waals surface area contributed by atoms with Crippen LogP contribution in [0.15, 0.2) is 30.3 Å². The minimum Gasteiger partial charge on any atom is -0.494 e. The monoisotopic (exact) mass is 260 g/mol. The summed E-state index contributed by atoms with van der Waals surface area (Å²) >= 11 is 0. The van der Waals surface area contributed by atoms with Gasteiger partial charge in [-0.05, 0) is 37.3 Å². The van der Waals surface area contributed by atoms with Crippen molar-refractivity contribution in [2.45, 2.75) is 25.3 Å². The van der Waals surface area contributed by atoms with Crippen LogP contribution in [0.2, 0.25) is 0 Å². The van der Waals surface area contributed by atoms with E-state index in [0.29, 0.717) is 0 Å². The fourth-order valence-electron chi connectivity index (χ4n) is 2.85. The molecule has 0 aromatic heterocycles. The van der Waals surface area contributed by atoms with Gasteiger partial charge in [0.1, 0.15) is 5.75 Å². The second-order valence-electron chi connectivity index (χ2n) is 5.71. The lowest BCUT2D eigenvalue weighted by Gasteiger charge is -2.33. The summed E-state index contributed by atoms with van der Waals surface area (Å²) in [5, 5.41) is 3.65. The summed E-state index contributed by atoms with van der Waals surface area (Å²) in [5.74, 6) is 1.95. The Kier molecular flexibility index (Phi) is 4.36. The maximum Gasteiger partial charge on any atom is 0.119 e. The van der Waals surface area contributed by atoms with Crippen LogP contribution in [-0.2, 0) is 0 Å². The van der Waals surface area contributed by atoms with Crippen molar-refractivity contribution in [2.75, 3.05) is 32.8 Å². The molecule has 1 aromatic rings. The van der Waals surface area contributed by atoms with Crippen LogP contribution >= 0.6 is 0 Å². The molecule has 2 fully saturated rings. The molecule has 104 valence electrons. The Morgan fingerprint density at radius 2 is 2.05 bits per heavy atom. The van der Waals surface area contributed by atoms with Crippen LogP contribution in [-0.4, -0.2) is 43.7 Å². The first-order valence-corrected chi connectivity index (χ1v) is 7.55. The van der Waals surface area contributed by atoms with Gasteiger partial charge in [0.05, 0.1) is 6.61 Å². The van der Waals surface area contributed by atoms with Crippen molar-refractivity contribution in [3.63, 3.8) is 0 Å². The summed E-state index contributed by atoms with van der Waals surface area (Å²) in [7, 11) is 0. The number of nitrogens with zero attached hydrogens (tertiary/aromatic N) is 1. The van der Waals surface area contributed by atoms with Gasteiger partial charge in [0.25, 0.3) is 0 Å². The van der Waals surface area contributed by atoms with Crippen molar-refractivity contribution in [1.29, 1.82) is 0 Å². The van der Waals surface area contributed by atoms with E-state index in [1.165, 1.54) is 25.9 Å². The highest BCUT2D eigenvalue weighted by Gasteiger charge is 2.33. The topological polar surface area (TPSA) is 24.5 Å². The Balaban J connectivity index is 1.33. The normalized spacial score (nSPS) is 24.3. The van der Waals surface area contributed by atoms with E-state index >= 15 is 0 Å². The Morgan fingerprint density at radius 3 is 2.84 bits per heavy atom. The number of ether oxygens (including phenoxy) is 1. The quantitative estimate of drug-likeness (QED) is 0.793. The molecule has 3 heteroatoms. The van der Waals surface area contributed by atoms with Gasteiger partial charge in [0.2, 0.25) is 0 Å². The fraction of sp³-hybridized carbons (Fsp3) is 0.625. The zero-order valence-corrected chi connectivity index (χ0v) is 11.6. The molecule has 0 bridgehead atoms. The molecule has 19 heavy (non-hydrogen) atoms. The minimum absolute atomic E-state index is 0.754. The molecule has 1 N–H and O–H groups in total. The van der Waals surface area contributed by atoms with E-state index in [1.807, 2.05) is 30.3 Å². The lowest BCUT2D eigenvalue weighted by atomic mass is 10.1. The Morgan fingerprint density at radius 1 is 1.21 bits per heavy atom. The van der Waals surface area contributed by atoms with Crippen LogP contribution in [0.3, 0.4) is 0 Å². The van der Waals surface area contributed by atoms with Gasteiger partial charge in [-0.15, -0.1) is 0 Å². The second-order valence-corrected chi connectivity index (χ2v) is 5.71. The Hall–Kier alpha value is -1.06. The summed E-state index contributed by atoms with van der Waals surface area (Å²) in [6.45, 7) is 5.56. The highest BCUT2D eigenvalue weighted by Crippen LogP contribution is 2.33. The summed E-state index contributed by atoms with van der Waals surface area (Å²) in [5.41, 5.74) is 0. The van der Waals surface area contributed by atoms with Gasteiger partial charge in [-0.1, -0.05) is 18.2 Å². The lowest BCUT2D eigenvalue weighted by molar-refractivity contribution is 0.174. The molecule has 0 radical (unpaired) electrons. The van der Waals surface area contributed by atoms with E-state index in [1.54, 1.807) is 0 Å². The summed E-state index contributed by atoms with van der Waals surface area (Å²) in [6.07, 6.45) is 3.98. The van der Waals surface area contributed by atoms with E-state index < -0.39 is 0 Å². The zero-order chi connectivity index (χ0) is 12.9. The number of hydrogen-bond acceptors (Lipinski definition) is 3. The molecule has 1 unspecified atom stereocenters. The summed E-state index contributed by atoms with van der Waals surface area (Å²) in [6, 6.07) is 10.9. The number of piperazine rings is 1. The van der Waals surface area contributed by atoms with Gasteiger partial charge in [0.15, 0.2) is 0 Å². The minimum atomic E-state index is 0.754. The van der Waals surface area contributed by atoms with Crippen LogP contribution in [0.4, 0.5) is 0 Å². The fourth-order valence-corrected chi connectivity index (χ4v) is 2.85. The SMILES string of the molecule is c1ccc(OCCCN2CCNC(C3CC3)C2)cc1. The first-order chi connectivity index (χ1) is 9.42. The van der Waals surface area contributed by atoms with Crippen molar-refractivity contribution in [2.24, 2.45) is 5.92 Å². The summed E-state index contributed by atoms with van der Waals surface area (Å²) < 4.78 is 5.74. The molecule has 1 saturated carbocycles. The molecule has 1 aliphatic heterocycles. The van der Waals surface area contributed by atoms with Crippen molar-refractivity contribution in [1.82, 2.24) is 10.2 Å². The Labute approximate surface area is 115 Å². The first kappa shape index (κ1) is 12.9. The van der Waals surface area contributed by atoms with E-state index in [2.05, 4.69) is 10.2 Å². The molecule has 1 aromatic carbocycles. The molecule has 1 atom stereocenters. The first-order valence-electron chi connectivity index (χ1n) is 7.55. The Bertz CT molecular complexity index is 378. The van der Waals surface area contributed by atoms with E-state index in [-0.39, 0.29) is 0 Å². The van der Waals surface area contributed by atoms with Crippen LogP contribution in [0.5, 0.6) is 5.75 Å². The van der Waals surface area contributed by atoms with Crippen LogP contribution in [0, 0.1) is 5.92 Å². The highest BCUT2D eigenvalue weighted by atomic mass is 16.5. The molecular weight excluding hydrogens is 236 g/mol. The molecule has 1 saturated heterocycles. The third-order valence-electron chi connectivity index (χ3n) is 4.11. The third-order valence-corrected chi connectivity index (χ3v) is 4.11. The lowest BCUT2D eigenvalue weighted by Crippen LogP contribution is -2.51. The average molecular weight is 260 g/mol. The molecule has 3 nitrogen and oxygen atoms in total. The second kappa shape index (κ2) is 6.40. The van der Waals surface area contributed by atoms with Gasteiger partial charge in [-0.2, -0.15) is 0 Å². The van der Waals surface area contributed by atoms with Crippen LogP contribution in [0.1, 0.15) is 19.3 Å². The van der Waals surface area contributed by atoms with E-state index in [0.717, 1.165) is 43.8 Å². The van der Waals surface area contributed by atoms with Gasteiger partial charge >= 0.3 is 0 Å². The third kappa shape index (κ3) is 3.95. The maximum absolute atomic E-state index is 5.74. The van der Waals surface area contributed by atoms with E-state index in [4.69, 9.17) is 4.74 Å². The number of nitrogens with one attached hydrogen (secondary N) is 1. The van der Waals surface area contributed by atoms with Gasteiger partial charge in [0, 0.05) is 32.2 Å². The molecule has 0 spiro atoms. The van der Waals surface area contributed by atoms with Gasteiger partial charge < -0.3 is 15.0 Å². The van der Waals surface area contributed by atoms with Crippen molar-refractivity contribution < 1.29 is 4.74 Å². The number of para-hydroxylation sites is 1. The predicted octanol–water partition coefficient (Wildman–Crippen LogP) is 2.14. The van der Waals surface area contributed by atoms with Crippen LogP contribution in [0.25, 0.3) is 0 Å². The molecule has 1 heterocycles. The van der Waals surface area contributed by atoms with E-state index in [9.17, 15) is 0 Å². The largest absolute Gasteiger partial charge is 0.494 e. The molecule has 2 aliphatic rings. The standard InChI is InChI=1S/C16H24N2O/c1-2-5-15(6-3-1)19-12-4-10-18-11-9-17-16(13-18)14-7-8-14/h1-3,5-6,14,16-17H,4,7-13H2. The predicted molar refractivity (Wildman–Crippen MR) is 77.5 cm³/mol. The van der Waals surface area contributed by atoms with Gasteiger partial charge in [-0.25, -0.2) is 0 Å².